The summed E-state index contributed by atoms with van der Waals surface area (Å²) in [6.07, 6.45) is 3.88. The lowest BCUT2D eigenvalue weighted by molar-refractivity contribution is 0.0734. The number of anilines is 1. The summed E-state index contributed by atoms with van der Waals surface area (Å²) in [7, 11) is 0. The summed E-state index contributed by atoms with van der Waals surface area (Å²) in [5.41, 5.74) is 3.47. The van der Waals surface area contributed by atoms with E-state index >= 15 is 0 Å². The molecule has 4 aromatic carbocycles. The number of carbonyl (C=O) groups excluding carboxylic acids is 2. The van der Waals surface area contributed by atoms with Crippen LogP contribution in [0.1, 0.15) is 91.4 Å². The van der Waals surface area contributed by atoms with Gasteiger partial charge in [0.2, 0.25) is 0 Å². The molecule has 2 unspecified atom stereocenters. The van der Waals surface area contributed by atoms with Crippen molar-refractivity contribution in [3.63, 3.8) is 0 Å². The number of rotatable bonds is 6. The Bertz CT molecular complexity index is 1750. The molecule has 6 heteroatoms. The van der Waals surface area contributed by atoms with Crippen LogP contribution >= 0.6 is 0 Å². The highest BCUT2D eigenvalue weighted by molar-refractivity contribution is 6.03. The molecular formula is C38H41NO5. The van der Waals surface area contributed by atoms with Gasteiger partial charge in [0.05, 0.1) is 23.9 Å². The highest BCUT2D eigenvalue weighted by atomic mass is 16.5. The molecule has 1 aliphatic rings. The third-order valence-corrected chi connectivity index (χ3v) is 8.38. The van der Waals surface area contributed by atoms with Crippen LogP contribution in [0.2, 0.25) is 0 Å². The number of ketones is 1. The Hall–Kier alpha value is -4.42. The molecule has 0 bridgehead atoms. The Morgan fingerprint density at radius 2 is 1.50 bits per heavy atom. The Morgan fingerprint density at radius 1 is 0.886 bits per heavy atom. The van der Waals surface area contributed by atoms with Crippen LogP contribution in [0.3, 0.4) is 0 Å². The van der Waals surface area contributed by atoms with E-state index in [4.69, 9.17) is 4.74 Å². The highest BCUT2D eigenvalue weighted by Crippen LogP contribution is 2.41. The molecule has 5 rings (SSSR count). The number of esters is 1. The number of benzene rings is 4. The van der Waals surface area contributed by atoms with E-state index in [1.165, 1.54) is 0 Å². The first-order valence-corrected chi connectivity index (χ1v) is 15.0. The summed E-state index contributed by atoms with van der Waals surface area (Å²) in [5, 5.41) is 26.5. The van der Waals surface area contributed by atoms with E-state index in [1.54, 1.807) is 18.2 Å². The SMILES string of the molecule is CC(C(=O)c1cc2ccccc2cc1CO)C1C=Cc2cccc(OC(=O)c3cc(C(C)(C)C)c(O)c(C(C)(C)C)c3)c2N1. The van der Waals surface area contributed by atoms with Crippen LogP contribution in [0.25, 0.3) is 16.8 Å². The van der Waals surface area contributed by atoms with E-state index in [2.05, 4.69) is 5.32 Å². The second kappa shape index (κ2) is 11.6. The van der Waals surface area contributed by atoms with Crippen molar-refractivity contribution in [1.82, 2.24) is 0 Å². The van der Waals surface area contributed by atoms with Gasteiger partial charge in [-0.1, -0.05) is 97.0 Å². The number of Topliss-reactive ketones (excluding diaryl/α,β-unsaturated/α-hetero) is 1. The van der Waals surface area contributed by atoms with Crippen molar-refractivity contribution in [1.29, 1.82) is 0 Å². The number of fused-ring (bicyclic) bond motifs is 2. The number of carbonyl (C=O) groups is 2. The highest BCUT2D eigenvalue weighted by Gasteiger charge is 2.31. The van der Waals surface area contributed by atoms with Gasteiger partial charge in [0.25, 0.3) is 0 Å². The van der Waals surface area contributed by atoms with Crippen molar-refractivity contribution in [2.24, 2.45) is 5.92 Å². The Morgan fingerprint density at radius 3 is 2.09 bits per heavy atom. The lowest BCUT2D eigenvalue weighted by Gasteiger charge is -2.29. The van der Waals surface area contributed by atoms with Gasteiger partial charge in [0, 0.05) is 28.2 Å². The normalized spacial score (nSPS) is 15.4. The zero-order chi connectivity index (χ0) is 32.0. The third-order valence-electron chi connectivity index (χ3n) is 8.38. The molecule has 0 amide bonds. The molecule has 3 N–H and O–H groups in total. The van der Waals surface area contributed by atoms with E-state index in [0.29, 0.717) is 39.3 Å². The molecule has 6 nitrogen and oxygen atoms in total. The average Bonchev–Trinajstić information content (AvgIpc) is 2.98. The van der Waals surface area contributed by atoms with Crippen LogP contribution in [0.5, 0.6) is 11.5 Å². The van der Waals surface area contributed by atoms with Gasteiger partial charge in [-0.05, 0) is 57.5 Å². The monoisotopic (exact) mass is 591 g/mol. The molecular weight excluding hydrogens is 550 g/mol. The van der Waals surface area contributed by atoms with Gasteiger partial charge in [-0.3, -0.25) is 4.79 Å². The number of phenolic OH excluding ortho intramolecular Hbond substituents is 1. The fourth-order valence-electron chi connectivity index (χ4n) is 5.75. The number of ether oxygens (including phenoxy) is 1. The van der Waals surface area contributed by atoms with Gasteiger partial charge >= 0.3 is 5.97 Å². The lowest BCUT2D eigenvalue weighted by atomic mass is 9.78. The van der Waals surface area contributed by atoms with Gasteiger partial charge in [0.15, 0.2) is 11.5 Å². The first-order valence-electron chi connectivity index (χ1n) is 15.0. The molecule has 0 saturated heterocycles. The quantitative estimate of drug-likeness (QED) is 0.119. The molecule has 0 spiro atoms. The van der Waals surface area contributed by atoms with Gasteiger partial charge in [-0.2, -0.15) is 0 Å². The Kier molecular flexibility index (Phi) is 8.17. The summed E-state index contributed by atoms with van der Waals surface area (Å²) in [6.45, 7) is 13.6. The zero-order valence-corrected chi connectivity index (χ0v) is 26.5. The molecule has 0 fully saturated rings. The van der Waals surface area contributed by atoms with Crippen molar-refractivity contribution in [2.75, 3.05) is 5.32 Å². The van der Waals surface area contributed by atoms with Crippen LogP contribution in [0.15, 0.2) is 72.8 Å². The minimum absolute atomic E-state index is 0.0895. The summed E-state index contributed by atoms with van der Waals surface area (Å²) in [6, 6.07) is 20.0. The second-order valence-electron chi connectivity index (χ2n) is 13.7. The van der Waals surface area contributed by atoms with Crippen molar-refractivity contribution in [3.05, 3.63) is 106 Å². The van der Waals surface area contributed by atoms with Crippen LogP contribution in [0.4, 0.5) is 5.69 Å². The molecule has 0 aliphatic carbocycles. The van der Waals surface area contributed by atoms with Crippen molar-refractivity contribution < 1.29 is 24.5 Å². The standard InChI is InChI=1S/C38H41NO5/c1-22(34(41)28-18-25-12-9-8-11-24(25)17-27(28)21-40)31-16-15-23-13-10-14-32(33(23)39-31)44-36(43)26-19-29(37(2,3)4)35(42)30(20-26)38(5,6)7/h8-20,22,31,39-40,42H,21H2,1-7H3. The van der Waals surface area contributed by atoms with Gasteiger partial charge in [-0.15, -0.1) is 0 Å². The van der Waals surface area contributed by atoms with Crippen LogP contribution in [-0.4, -0.2) is 28.0 Å². The predicted molar refractivity (Wildman–Crippen MR) is 177 cm³/mol. The summed E-state index contributed by atoms with van der Waals surface area (Å²) in [4.78, 5) is 27.4. The molecule has 44 heavy (non-hydrogen) atoms. The number of aromatic hydroxyl groups is 1. The Labute approximate surface area is 259 Å². The summed E-state index contributed by atoms with van der Waals surface area (Å²) >= 11 is 0. The number of hydrogen-bond acceptors (Lipinski definition) is 6. The first kappa shape index (κ1) is 31.0. The van der Waals surface area contributed by atoms with Gasteiger partial charge in [0.1, 0.15) is 5.75 Å². The van der Waals surface area contributed by atoms with E-state index in [1.807, 2.05) is 109 Å². The Balaban J connectivity index is 1.44. The molecule has 0 radical (unpaired) electrons. The largest absolute Gasteiger partial charge is 0.507 e. The molecule has 2 atom stereocenters. The topological polar surface area (TPSA) is 95.9 Å². The van der Waals surface area contributed by atoms with Crippen LogP contribution in [0, 0.1) is 5.92 Å². The molecule has 1 aliphatic heterocycles. The summed E-state index contributed by atoms with van der Waals surface area (Å²) < 4.78 is 6.00. The molecule has 4 aromatic rings. The van der Waals surface area contributed by atoms with Crippen molar-refractivity contribution in [2.45, 2.75) is 71.9 Å². The fourth-order valence-corrected chi connectivity index (χ4v) is 5.75. The lowest BCUT2D eigenvalue weighted by Crippen LogP contribution is -2.33. The maximum atomic E-state index is 13.8. The minimum Gasteiger partial charge on any atom is -0.507 e. The number of aliphatic hydroxyl groups is 1. The third kappa shape index (κ3) is 6.00. The smallest absolute Gasteiger partial charge is 0.343 e. The van der Waals surface area contributed by atoms with E-state index in [0.717, 1.165) is 16.3 Å². The van der Waals surface area contributed by atoms with E-state index in [-0.39, 0.29) is 24.2 Å². The van der Waals surface area contributed by atoms with Crippen molar-refractivity contribution >= 4 is 34.3 Å². The minimum atomic E-state index is -0.532. The number of phenols is 1. The molecule has 0 saturated carbocycles. The first-order chi connectivity index (χ1) is 20.7. The van der Waals surface area contributed by atoms with E-state index < -0.39 is 22.7 Å². The van der Waals surface area contributed by atoms with E-state index in [9.17, 15) is 19.8 Å². The van der Waals surface area contributed by atoms with Gasteiger partial charge < -0.3 is 20.3 Å². The maximum Gasteiger partial charge on any atom is 0.343 e. The number of para-hydroxylation sites is 1. The molecule has 228 valence electrons. The molecule has 0 aromatic heterocycles. The maximum absolute atomic E-state index is 13.8. The number of hydrogen-bond donors (Lipinski definition) is 3. The number of nitrogens with one attached hydrogen (secondary N) is 1. The summed E-state index contributed by atoms with van der Waals surface area (Å²) in [5.74, 6) is -0.548. The second-order valence-corrected chi connectivity index (χ2v) is 13.7. The van der Waals surface area contributed by atoms with Crippen LogP contribution in [-0.2, 0) is 17.4 Å². The zero-order valence-electron chi connectivity index (χ0n) is 26.5. The van der Waals surface area contributed by atoms with Gasteiger partial charge in [-0.25, -0.2) is 4.79 Å². The van der Waals surface area contributed by atoms with Crippen molar-refractivity contribution in [3.8, 4) is 11.5 Å². The molecule has 1 heterocycles. The predicted octanol–water partition coefficient (Wildman–Crippen LogP) is 8.18. The number of aliphatic hydroxyl groups excluding tert-OH is 1. The van der Waals surface area contributed by atoms with Crippen LogP contribution < -0.4 is 10.1 Å². The fraction of sp³-hybridized carbons (Fsp3) is 0.316. The average molecular weight is 592 g/mol.